The molecule has 2 rings (SSSR count). The van der Waals surface area contributed by atoms with Crippen LogP contribution in [0.15, 0.2) is 0 Å². The fourth-order valence-corrected chi connectivity index (χ4v) is 2.34. The van der Waals surface area contributed by atoms with Crippen molar-refractivity contribution in [2.45, 2.75) is 39.2 Å². The first-order valence-corrected chi connectivity index (χ1v) is 7.40. The average Bonchev–Trinajstić information content (AvgIpc) is 3.22. The van der Waals surface area contributed by atoms with Crippen LogP contribution in [0.25, 0.3) is 0 Å². The molecule has 2 fully saturated rings. The summed E-state index contributed by atoms with van der Waals surface area (Å²) in [6.07, 6.45) is 3.09. The van der Waals surface area contributed by atoms with Crippen molar-refractivity contribution in [1.82, 2.24) is 15.1 Å². The molecule has 2 amide bonds. The quantitative estimate of drug-likeness (QED) is 0.787. The SMILES string of the molecule is CCC(C)NC(=O)CN1CCN(C(=O)C2CC2)CC1. The van der Waals surface area contributed by atoms with Crippen LogP contribution in [0.4, 0.5) is 0 Å². The van der Waals surface area contributed by atoms with Gasteiger partial charge in [-0.25, -0.2) is 0 Å². The van der Waals surface area contributed by atoms with Crippen molar-refractivity contribution in [3.63, 3.8) is 0 Å². The molecule has 0 spiro atoms. The zero-order chi connectivity index (χ0) is 13.8. The van der Waals surface area contributed by atoms with E-state index in [0.29, 0.717) is 18.4 Å². The van der Waals surface area contributed by atoms with Gasteiger partial charge in [-0.05, 0) is 26.2 Å². The van der Waals surface area contributed by atoms with Crippen molar-refractivity contribution < 1.29 is 9.59 Å². The minimum absolute atomic E-state index is 0.0938. The number of carbonyl (C=O) groups is 2. The van der Waals surface area contributed by atoms with E-state index in [-0.39, 0.29) is 11.9 Å². The Kier molecular flexibility index (Phi) is 4.80. The second kappa shape index (κ2) is 6.37. The molecule has 0 bridgehead atoms. The number of amides is 2. The van der Waals surface area contributed by atoms with Crippen molar-refractivity contribution in [3.8, 4) is 0 Å². The van der Waals surface area contributed by atoms with Gasteiger partial charge >= 0.3 is 0 Å². The zero-order valence-electron chi connectivity index (χ0n) is 12.0. The van der Waals surface area contributed by atoms with Crippen LogP contribution in [0.1, 0.15) is 33.1 Å². The standard InChI is InChI=1S/C14H25N3O2/c1-3-11(2)15-13(18)10-16-6-8-17(9-7-16)14(19)12-4-5-12/h11-12H,3-10H2,1-2H3,(H,15,18). The summed E-state index contributed by atoms with van der Waals surface area (Å²) in [4.78, 5) is 27.8. The number of rotatable bonds is 5. The van der Waals surface area contributed by atoms with Gasteiger partial charge < -0.3 is 10.2 Å². The Morgan fingerprint density at radius 3 is 2.37 bits per heavy atom. The second-order valence-electron chi connectivity index (χ2n) is 5.75. The summed E-state index contributed by atoms with van der Waals surface area (Å²) in [6, 6.07) is 0.241. The Morgan fingerprint density at radius 1 is 1.21 bits per heavy atom. The first-order valence-electron chi connectivity index (χ1n) is 7.40. The fourth-order valence-electron chi connectivity index (χ4n) is 2.34. The number of nitrogens with one attached hydrogen (secondary N) is 1. The molecular weight excluding hydrogens is 242 g/mol. The van der Waals surface area contributed by atoms with Crippen molar-refractivity contribution >= 4 is 11.8 Å². The molecule has 1 saturated carbocycles. The number of carbonyl (C=O) groups excluding carboxylic acids is 2. The third-order valence-corrected chi connectivity index (χ3v) is 4.00. The molecule has 1 aliphatic carbocycles. The summed E-state index contributed by atoms with van der Waals surface area (Å²) in [5.74, 6) is 0.722. The van der Waals surface area contributed by atoms with Crippen LogP contribution in [0, 0.1) is 5.92 Å². The molecule has 0 aromatic heterocycles. The molecule has 19 heavy (non-hydrogen) atoms. The lowest BCUT2D eigenvalue weighted by Crippen LogP contribution is -2.52. The molecule has 5 nitrogen and oxygen atoms in total. The molecule has 1 saturated heterocycles. The lowest BCUT2D eigenvalue weighted by Gasteiger charge is -2.34. The van der Waals surface area contributed by atoms with E-state index < -0.39 is 0 Å². The highest BCUT2D eigenvalue weighted by Crippen LogP contribution is 2.31. The van der Waals surface area contributed by atoms with Crippen LogP contribution >= 0.6 is 0 Å². The Labute approximate surface area is 115 Å². The van der Waals surface area contributed by atoms with Gasteiger partial charge in [0.2, 0.25) is 11.8 Å². The monoisotopic (exact) mass is 267 g/mol. The van der Waals surface area contributed by atoms with E-state index in [1.165, 1.54) is 0 Å². The summed E-state index contributed by atoms with van der Waals surface area (Å²) in [6.45, 7) is 7.70. The molecule has 0 aromatic rings. The predicted molar refractivity (Wildman–Crippen MR) is 73.6 cm³/mol. The average molecular weight is 267 g/mol. The highest BCUT2D eigenvalue weighted by atomic mass is 16.2. The van der Waals surface area contributed by atoms with Gasteiger partial charge in [0.1, 0.15) is 0 Å². The highest BCUT2D eigenvalue weighted by molar-refractivity contribution is 5.81. The fraction of sp³-hybridized carbons (Fsp3) is 0.857. The van der Waals surface area contributed by atoms with Crippen molar-refractivity contribution in [2.75, 3.05) is 32.7 Å². The second-order valence-corrected chi connectivity index (χ2v) is 5.75. The van der Waals surface area contributed by atoms with E-state index in [1.807, 2.05) is 11.8 Å². The number of piperazine rings is 1. The maximum absolute atomic E-state index is 11.9. The third-order valence-electron chi connectivity index (χ3n) is 4.00. The van der Waals surface area contributed by atoms with Gasteiger partial charge in [0, 0.05) is 38.1 Å². The Balaban J connectivity index is 1.68. The number of hydrogen-bond acceptors (Lipinski definition) is 3. The van der Waals surface area contributed by atoms with E-state index in [9.17, 15) is 9.59 Å². The molecule has 5 heteroatoms. The van der Waals surface area contributed by atoms with Crippen molar-refractivity contribution in [1.29, 1.82) is 0 Å². The molecular formula is C14H25N3O2. The molecule has 0 radical (unpaired) electrons. The van der Waals surface area contributed by atoms with Crippen LogP contribution < -0.4 is 5.32 Å². The topological polar surface area (TPSA) is 52.7 Å². The van der Waals surface area contributed by atoms with E-state index in [4.69, 9.17) is 0 Å². The lowest BCUT2D eigenvalue weighted by molar-refractivity contribution is -0.134. The number of hydrogen-bond donors (Lipinski definition) is 1. The van der Waals surface area contributed by atoms with Gasteiger partial charge in [-0.3, -0.25) is 14.5 Å². The summed E-state index contributed by atoms with van der Waals surface area (Å²) in [5, 5.41) is 2.98. The Bertz CT molecular complexity index is 334. The van der Waals surface area contributed by atoms with Gasteiger partial charge in [-0.2, -0.15) is 0 Å². The van der Waals surface area contributed by atoms with Gasteiger partial charge in [-0.1, -0.05) is 6.92 Å². The largest absolute Gasteiger partial charge is 0.353 e. The minimum Gasteiger partial charge on any atom is -0.353 e. The summed E-state index contributed by atoms with van der Waals surface area (Å²) < 4.78 is 0. The number of nitrogens with zero attached hydrogens (tertiary/aromatic N) is 2. The summed E-state index contributed by atoms with van der Waals surface area (Å²) in [7, 11) is 0. The molecule has 1 N–H and O–H groups in total. The first kappa shape index (κ1) is 14.3. The van der Waals surface area contributed by atoms with Crippen LogP contribution in [0.5, 0.6) is 0 Å². The van der Waals surface area contributed by atoms with Crippen molar-refractivity contribution in [3.05, 3.63) is 0 Å². The molecule has 1 heterocycles. The van der Waals surface area contributed by atoms with E-state index >= 15 is 0 Å². The minimum atomic E-state index is 0.0938. The normalized spacial score (nSPS) is 22.1. The van der Waals surface area contributed by atoms with Crippen LogP contribution in [0.3, 0.4) is 0 Å². The van der Waals surface area contributed by atoms with E-state index in [0.717, 1.165) is 45.4 Å². The van der Waals surface area contributed by atoms with Gasteiger partial charge in [-0.15, -0.1) is 0 Å². The van der Waals surface area contributed by atoms with E-state index in [2.05, 4.69) is 17.1 Å². The Morgan fingerprint density at radius 2 is 1.84 bits per heavy atom. The van der Waals surface area contributed by atoms with Crippen LogP contribution in [-0.2, 0) is 9.59 Å². The molecule has 1 atom stereocenters. The zero-order valence-corrected chi connectivity index (χ0v) is 12.0. The predicted octanol–water partition coefficient (Wildman–Crippen LogP) is 0.455. The smallest absolute Gasteiger partial charge is 0.234 e. The first-order chi connectivity index (χ1) is 9.10. The van der Waals surface area contributed by atoms with Crippen LogP contribution in [0.2, 0.25) is 0 Å². The Hall–Kier alpha value is -1.10. The third kappa shape index (κ3) is 4.20. The molecule has 108 valence electrons. The molecule has 1 unspecified atom stereocenters. The van der Waals surface area contributed by atoms with Gasteiger partial charge in [0.05, 0.1) is 6.54 Å². The molecule has 0 aromatic carbocycles. The van der Waals surface area contributed by atoms with Gasteiger partial charge in [0.15, 0.2) is 0 Å². The van der Waals surface area contributed by atoms with Crippen molar-refractivity contribution in [2.24, 2.45) is 5.92 Å². The maximum atomic E-state index is 11.9. The molecule has 2 aliphatic rings. The van der Waals surface area contributed by atoms with Crippen LogP contribution in [-0.4, -0.2) is 60.4 Å². The van der Waals surface area contributed by atoms with Gasteiger partial charge in [0.25, 0.3) is 0 Å². The summed E-state index contributed by atoms with van der Waals surface area (Å²) in [5.41, 5.74) is 0. The molecule has 1 aliphatic heterocycles. The summed E-state index contributed by atoms with van der Waals surface area (Å²) >= 11 is 0. The highest BCUT2D eigenvalue weighted by Gasteiger charge is 2.34. The maximum Gasteiger partial charge on any atom is 0.234 e. The van der Waals surface area contributed by atoms with E-state index in [1.54, 1.807) is 0 Å². The lowest BCUT2D eigenvalue weighted by atomic mass is 10.2.